The van der Waals surface area contributed by atoms with Gasteiger partial charge in [-0.2, -0.15) is 0 Å². The number of rotatable bonds is 7. The summed E-state index contributed by atoms with van der Waals surface area (Å²) in [7, 11) is 0. The number of halogens is 4. The minimum Gasteiger partial charge on any atom is -0.486 e. The molecule has 3 aromatic rings. The molecule has 0 unspecified atom stereocenters. The average molecular weight is 564 g/mol. The molecule has 0 saturated carbocycles. The van der Waals surface area contributed by atoms with E-state index in [2.05, 4.69) is 4.99 Å². The van der Waals surface area contributed by atoms with Crippen LogP contribution in [-0.4, -0.2) is 22.5 Å². The smallest absolute Gasteiger partial charge is 0.266 e. The van der Waals surface area contributed by atoms with E-state index in [4.69, 9.17) is 39.5 Å². The predicted octanol–water partition coefficient (Wildman–Crippen LogP) is 8.62. The quantitative estimate of drug-likeness (QED) is 0.270. The zero-order chi connectivity index (χ0) is 25.8. The second kappa shape index (κ2) is 11.7. The number of nitrogens with zero attached hydrogens (tertiary/aromatic N) is 2. The van der Waals surface area contributed by atoms with Crippen LogP contribution in [0.15, 0.2) is 70.6 Å². The van der Waals surface area contributed by atoms with Crippen LogP contribution in [0.3, 0.4) is 0 Å². The van der Waals surface area contributed by atoms with Gasteiger partial charge >= 0.3 is 0 Å². The van der Waals surface area contributed by atoms with Gasteiger partial charge in [-0.15, -0.1) is 0 Å². The van der Waals surface area contributed by atoms with Crippen molar-refractivity contribution in [3.8, 4) is 5.75 Å². The lowest BCUT2D eigenvalue weighted by atomic mass is 10.2. The Morgan fingerprint density at radius 2 is 1.72 bits per heavy atom. The number of hydrogen-bond donors (Lipinski definition) is 0. The molecule has 0 bridgehead atoms. The van der Waals surface area contributed by atoms with Crippen molar-refractivity contribution in [2.45, 2.75) is 20.5 Å². The molecule has 1 fully saturated rings. The van der Waals surface area contributed by atoms with Gasteiger partial charge in [0.2, 0.25) is 0 Å². The van der Waals surface area contributed by atoms with Crippen molar-refractivity contribution < 1.29 is 13.9 Å². The van der Waals surface area contributed by atoms with E-state index in [0.29, 0.717) is 38.5 Å². The topological polar surface area (TPSA) is 41.9 Å². The molecule has 4 rings (SSSR count). The fraction of sp³-hybridized carbons (Fsp3) is 0.185. The van der Waals surface area contributed by atoms with Crippen molar-refractivity contribution in [1.29, 1.82) is 0 Å². The maximum atomic E-state index is 13.9. The zero-order valence-electron chi connectivity index (χ0n) is 19.5. The van der Waals surface area contributed by atoms with Crippen LogP contribution < -0.4 is 4.74 Å². The van der Waals surface area contributed by atoms with Crippen LogP contribution >= 0.6 is 46.6 Å². The average Bonchev–Trinajstić information content (AvgIpc) is 3.09. The van der Waals surface area contributed by atoms with Gasteiger partial charge in [0, 0.05) is 17.1 Å². The van der Waals surface area contributed by atoms with Gasteiger partial charge < -0.3 is 4.74 Å². The van der Waals surface area contributed by atoms with Crippen LogP contribution in [0, 0.1) is 11.7 Å². The number of benzene rings is 3. The summed E-state index contributed by atoms with van der Waals surface area (Å²) in [6.07, 6.45) is 1.73. The summed E-state index contributed by atoms with van der Waals surface area (Å²) in [5, 5.41) is 1.72. The van der Waals surface area contributed by atoms with Crippen molar-refractivity contribution in [2.24, 2.45) is 10.9 Å². The maximum absolute atomic E-state index is 13.9. The molecule has 186 valence electrons. The molecule has 1 aliphatic rings. The predicted molar refractivity (Wildman–Crippen MR) is 148 cm³/mol. The molecule has 1 saturated heterocycles. The molecule has 0 spiro atoms. The number of carbonyl (C=O) groups excluding carboxylic acids is 1. The number of ether oxygens (including phenoxy) is 1. The third kappa shape index (κ3) is 6.43. The summed E-state index contributed by atoms with van der Waals surface area (Å²) in [6, 6.07) is 16.8. The van der Waals surface area contributed by atoms with Crippen molar-refractivity contribution in [1.82, 2.24) is 4.90 Å². The third-order valence-electron chi connectivity index (χ3n) is 5.14. The molecule has 0 N–H and O–H groups in total. The monoisotopic (exact) mass is 562 g/mol. The highest BCUT2D eigenvalue weighted by Crippen LogP contribution is 2.38. The summed E-state index contributed by atoms with van der Waals surface area (Å²) in [5.41, 5.74) is 1.73. The summed E-state index contributed by atoms with van der Waals surface area (Å²) in [6.45, 7) is 4.59. The van der Waals surface area contributed by atoms with Gasteiger partial charge in [0.1, 0.15) is 12.4 Å². The van der Waals surface area contributed by atoms with E-state index in [1.165, 1.54) is 17.8 Å². The highest BCUT2D eigenvalue weighted by atomic mass is 35.5. The van der Waals surface area contributed by atoms with E-state index in [0.717, 1.165) is 0 Å². The number of thioether (sulfide) groups is 1. The van der Waals surface area contributed by atoms with Gasteiger partial charge in [-0.05, 0) is 71.8 Å². The number of amidine groups is 1. The zero-order valence-corrected chi connectivity index (χ0v) is 22.6. The Kier molecular flexibility index (Phi) is 8.62. The second-order valence-electron chi connectivity index (χ2n) is 8.48. The molecule has 1 heterocycles. The molecule has 4 nitrogen and oxygen atoms in total. The van der Waals surface area contributed by atoms with Crippen LogP contribution in [-0.2, 0) is 11.4 Å². The highest BCUT2D eigenvalue weighted by Gasteiger charge is 2.33. The molecule has 0 atom stereocenters. The Bertz CT molecular complexity index is 1320. The van der Waals surface area contributed by atoms with Gasteiger partial charge in [0.05, 0.1) is 20.6 Å². The Balaban J connectivity index is 1.59. The Hall–Kier alpha value is -2.51. The fourth-order valence-corrected chi connectivity index (χ4v) is 5.21. The number of aliphatic imine (C=N–C) groups is 1. The van der Waals surface area contributed by atoms with Crippen LogP contribution in [0.1, 0.15) is 25.0 Å². The van der Waals surface area contributed by atoms with Crippen LogP contribution in [0.5, 0.6) is 5.75 Å². The van der Waals surface area contributed by atoms with Crippen LogP contribution in [0.4, 0.5) is 10.1 Å². The highest BCUT2D eigenvalue weighted by molar-refractivity contribution is 8.18. The maximum Gasteiger partial charge on any atom is 0.266 e. The molecule has 3 aromatic carbocycles. The summed E-state index contributed by atoms with van der Waals surface area (Å²) in [4.78, 5) is 20.1. The normalized spacial score (nSPS) is 16.0. The summed E-state index contributed by atoms with van der Waals surface area (Å²) >= 11 is 20.1. The van der Waals surface area contributed by atoms with E-state index in [9.17, 15) is 9.18 Å². The standard InChI is InChI=1S/C27H22Cl3FN2O2S/c1-16(2)14-33-26(34)24(36-27(33)32-20-9-7-19(28)8-10-20)13-17-11-21(29)25(22(30)12-17)35-15-18-5-3-4-6-23(18)31/h3-13,16H,14-15H2,1-2H3/b24-13-,32-27?. The first kappa shape index (κ1) is 26.6. The summed E-state index contributed by atoms with van der Waals surface area (Å²) < 4.78 is 19.6. The molecule has 9 heteroatoms. The van der Waals surface area contributed by atoms with E-state index >= 15 is 0 Å². The largest absolute Gasteiger partial charge is 0.486 e. The van der Waals surface area contributed by atoms with Gasteiger partial charge in [-0.25, -0.2) is 9.38 Å². The Morgan fingerprint density at radius 1 is 1.06 bits per heavy atom. The lowest BCUT2D eigenvalue weighted by molar-refractivity contribution is -0.122. The van der Waals surface area contributed by atoms with E-state index in [1.54, 1.807) is 65.6 Å². The van der Waals surface area contributed by atoms with Gasteiger partial charge in [0.15, 0.2) is 10.9 Å². The third-order valence-corrected chi connectivity index (χ3v) is 6.96. The number of amides is 1. The van der Waals surface area contributed by atoms with Crippen molar-refractivity contribution in [3.05, 3.63) is 97.6 Å². The molecule has 36 heavy (non-hydrogen) atoms. The van der Waals surface area contributed by atoms with E-state index in [1.807, 2.05) is 13.8 Å². The fourth-order valence-electron chi connectivity index (χ4n) is 3.46. The number of hydrogen-bond acceptors (Lipinski definition) is 4. The van der Waals surface area contributed by atoms with Crippen molar-refractivity contribution in [2.75, 3.05) is 6.54 Å². The molecule has 0 aromatic heterocycles. The van der Waals surface area contributed by atoms with Crippen LogP contribution in [0.25, 0.3) is 6.08 Å². The second-order valence-corrected chi connectivity index (χ2v) is 10.7. The van der Waals surface area contributed by atoms with Crippen molar-refractivity contribution in [3.63, 3.8) is 0 Å². The molecular weight excluding hydrogens is 542 g/mol. The first-order valence-electron chi connectivity index (χ1n) is 11.1. The molecule has 0 radical (unpaired) electrons. The Morgan fingerprint density at radius 3 is 2.36 bits per heavy atom. The lowest BCUT2D eigenvalue weighted by Crippen LogP contribution is -2.32. The van der Waals surface area contributed by atoms with Crippen molar-refractivity contribution >= 4 is 69.4 Å². The molecule has 1 amide bonds. The molecule has 1 aliphatic heterocycles. The molecule has 0 aliphatic carbocycles. The van der Waals surface area contributed by atoms with E-state index < -0.39 is 0 Å². The SMILES string of the molecule is CC(C)CN1C(=O)/C(=C/c2cc(Cl)c(OCc3ccccc3F)c(Cl)c2)SC1=Nc1ccc(Cl)cc1. The minimum atomic E-state index is -0.370. The molecular formula is C27H22Cl3FN2O2S. The first-order valence-corrected chi connectivity index (χ1v) is 13.1. The Labute approximate surface area is 228 Å². The lowest BCUT2D eigenvalue weighted by Gasteiger charge is -2.17. The first-order chi connectivity index (χ1) is 17.2. The summed E-state index contributed by atoms with van der Waals surface area (Å²) in [5.74, 6) is -0.0157. The van der Waals surface area contributed by atoms with Gasteiger partial charge in [-0.3, -0.25) is 9.69 Å². The van der Waals surface area contributed by atoms with Gasteiger partial charge in [-0.1, -0.05) is 66.8 Å². The van der Waals surface area contributed by atoms with Crippen LogP contribution in [0.2, 0.25) is 15.1 Å². The number of carbonyl (C=O) groups is 1. The van der Waals surface area contributed by atoms with E-state index in [-0.39, 0.29) is 40.0 Å². The van der Waals surface area contributed by atoms with Gasteiger partial charge in [0.25, 0.3) is 5.91 Å². The minimum absolute atomic E-state index is 0.0183.